The van der Waals surface area contributed by atoms with Crippen LogP contribution < -0.4 is 4.80 Å². The molecule has 0 fully saturated rings. The van der Waals surface area contributed by atoms with Gasteiger partial charge in [-0.05, 0) is 18.9 Å². The predicted octanol–water partition coefficient (Wildman–Crippen LogP) is 4.01. The van der Waals surface area contributed by atoms with E-state index in [9.17, 15) is 13.6 Å². The molecule has 21 heavy (non-hydrogen) atoms. The van der Waals surface area contributed by atoms with Gasteiger partial charge in [-0.1, -0.05) is 31.6 Å². The summed E-state index contributed by atoms with van der Waals surface area (Å²) in [4.78, 5) is 16.3. The number of hydrogen-bond donors (Lipinski definition) is 0. The molecule has 0 saturated carbocycles. The van der Waals surface area contributed by atoms with Gasteiger partial charge in [0.15, 0.2) is 10.6 Å². The zero-order valence-electron chi connectivity index (χ0n) is 12.2. The molecule has 0 aliphatic heterocycles. The number of nitrogens with zero attached hydrogens (tertiary/aromatic N) is 2. The molecule has 0 spiro atoms. The minimum absolute atomic E-state index is 0.214. The summed E-state index contributed by atoms with van der Waals surface area (Å²) in [5, 5.41) is 0. The molecule has 0 atom stereocenters. The molecule has 3 nitrogen and oxygen atoms in total. The van der Waals surface area contributed by atoms with Crippen LogP contribution >= 0.6 is 11.3 Å². The summed E-state index contributed by atoms with van der Waals surface area (Å²) in [5.41, 5.74) is 0.324. The maximum Gasteiger partial charge on any atom is 0.248 e. The SMILES string of the molecule is CCCCC(=O)N=c1sc2cc(F)cc(F)c2n1CCC. The Bertz CT molecular complexity index is 718. The fraction of sp³-hybridized carbons (Fsp3) is 0.467. The molecule has 2 rings (SSSR count). The topological polar surface area (TPSA) is 34.4 Å². The van der Waals surface area contributed by atoms with E-state index in [2.05, 4.69) is 4.99 Å². The van der Waals surface area contributed by atoms with E-state index in [0.717, 1.165) is 36.7 Å². The Labute approximate surface area is 125 Å². The van der Waals surface area contributed by atoms with Crippen LogP contribution in [0.25, 0.3) is 10.2 Å². The standard InChI is InChI=1S/C15H18F2N2OS/c1-3-5-6-13(20)18-15-19(7-4-2)14-11(17)8-10(16)9-12(14)21-15/h8-9H,3-7H2,1-2H3. The fourth-order valence-electron chi connectivity index (χ4n) is 2.14. The molecule has 0 unspecified atom stereocenters. The summed E-state index contributed by atoms with van der Waals surface area (Å²) in [6.45, 7) is 4.51. The lowest BCUT2D eigenvalue weighted by atomic mass is 10.2. The molecule has 2 aromatic rings. The third-order valence-electron chi connectivity index (χ3n) is 3.11. The van der Waals surface area contributed by atoms with Gasteiger partial charge >= 0.3 is 0 Å². The van der Waals surface area contributed by atoms with E-state index in [1.807, 2.05) is 13.8 Å². The third kappa shape index (κ3) is 3.56. The second-order valence-electron chi connectivity index (χ2n) is 4.88. The largest absolute Gasteiger partial charge is 0.314 e. The van der Waals surface area contributed by atoms with Gasteiger partial charge in [-0.2, -0.15) is 4.99 Å². The number of aromatic nitrogens is 1. The first-order valence-corrected chi connectivity index (χ1v) is 7.94. The second-order valence-corrected chi connectivity index (χ2v) is 5.89. The van der Waals surface area contributed by atoms with Crippen molar-refractivity contribution < 1.29 is 13.6 Å². The quantitative estimate of drug-likeness (QED) is 0.821. The van der Waals surface area contributed by atoms with Crippen molar-refractivity contribution in [1.29, 1.82) is 0 Å². The minimum Gasteiger partial charge on any atom is -0.314 e. The third-order valence-corrected chi connectivity index (χ3v) is 4.13. The number of thiazole rings is 1. The van der Waals surface area contributed by atoms with Gasteiger partial charge in [0.2, 0.25) is 5.91 Å². The Morgan fingerprint density at radius 3 is 2.71 bits per heavy atom. The van der Waals surface area contributed by atoms with Crippen molar-refractivity contribution in [2.75, 3.05) is 0 Å². The highest BCUT2D eigenvalue weighted by atomic mass is 32.1. The molecular weight excluding hydrogens is 294 g/mol. The van der Waals surface area contributed by atoms with Gasteiger partial charge in [0.05, 0.1) is 10.2 Å². The molecule has 0 bridgehead atoms. The van der Waals surface area contributed by atoms with Gasteiger partial charge in [-0.3, -0.25) is 4.79 Å². The molecule has 0 aliphatic carbocycles. The van der Waals surface area contributed by atoms with Gasteiger partial charge < -0.3 is 4.57 Å². The first kappa shape index (κ1) is 15.8. The van der Waals surface area contributed by atoms with Crippen molar-refractivity contribution in [1.82, 2.24) is 4.57 Å². The van der Waals surface area contributed by atoms with E-state index in [1.54, 1.807) is 4.57 Å². The summed E-state index contributed by atoms with van der Waals surface area (Å²) in [6, 6.07) is 2.15. The Kier molecular flexibility index (Phi) is 5.22. The Morgan fingerprint density at radius 2 is 2.05 bits per heavy atom. The number of hydrogen-bond acceptors (Lipinski definition) is 2. The van der Waals surface area contributed by atoms with Crippen LogP contribution in [-0.2, 0) is 11.3 Å². The zero-order valence-corrected chi connectivity index (χ0v) is 13.0. The molecule has 114 valence electrons. The van der Waals surface area contributed by atoms with Crippen molar-refractivity contribution in [3.8, 4) is 0 Å². The lowest BCUT2D eigenvalue weighted by Crippen LogP contribution is -2.17. The molecule has 1 heterocycles. The average Bonchev–Trinajstić information content (AvgIpc) is 2.74. The van der Waals surface area contributed by atoms with Crippen molar-refractivity contribution in [2.45, 2.75) is 46.1 Å². The fourth-order valence-corrected chi connectivity index (χ4v) is 3.25. The molecule has 0 N–H and O–H groups in total. The number of benzene rings is 1. The number of aryl methyl sites for hydroxylation is 1. The van der Waals surface area contributed by atoms with Gasteiger partial charge in [0.1, 0.15) is 5.82 Å². The predicted molar refractivity (Wildman–Crippen MR) is 80.1 cm³/mol. The minimum atomic E-state index is -0.617. The van der Waals surface area contributed by atoms with Crippen LogP contribution in [0, 0.1) is 11.6 Å². The summed E-state index contributed by atoms with van der Waals surface area (Å²) in [7, 11) is 0. The normalized spacial score (nSPS) is 12.3. The van der Waals surface area contributed by atoms with Crippen LogP contribution in [0.3, 0.4) is 0 Å². The number of amides is 1. The molecule has 0 aliphatic rings. The van der Waals surface area contributed by atoms with Gasteiger partial charge in [0.25, 0.3) is 0 Å². The first-order valence-electron chi connectivity index (χ1n) is 7.12. The van der Waals surface area contributed by atoms with Crippen molar-refractivity contribution in [3.63, 3.8) is 0 Å². The van der Waals surface area contributed by atoms with Crippen LogP contribution in [0.4, 0.5) is 8.78 Å². The second kappa shape index (κ2) is 6.93. The van der Waals surface area contributed by atoms with E-state index < -0.39 is 11.6 Å². The molecule has 0 saturated heterocycles. The Balaban J connectivity index is 2.57. The van der Waals surface area contributed by atoms with Crippen molar-refractivity contribution >= 4 is 27.5 Å². The molecule has 1 amide bonds. The summed E-state index contributed by atoms with van der Waals surface area (Å²) < 4.78 is 29.5. The Morgan fingerprint density at radius 1 is 1.29 bits per heavy atom. The maximum absolute atomic E-state index is 14.0. The highest BCUT2D eigenvalue weighted by Gasteiger charge is 2.13. The monoisotopic (exact) mass is 312 g/mol. The van der Waals surface area contributed by atoms with Crippen molar-refractivity contribution in [3.05, 3.63) is 28.6 Å². The summed E-state index contributed by atoms with van der Waals surface area (Å²) in [5.74, 6) is -1.44. The van der Waals surface area contributed by atoms with Crippen LogP contribution in [0.5, 0.6) is 0 Å². The smallest absolute Gasteiger partial charge is 0.248 e. The lowest BCUT2D eigenvalue weighted by Gasteiger charge is -2.03. The molecule has 6 heteroatoms. The molecular formula is C15H18F2N2OS. The number of carbonyl (C=O) groups excluding carboxylic acids is 1. The zero-order chi connectivity index (χ0) is 15.4. The molecule has 1 aromatic carbocycles. The molecule has 0 radical (unpaired) electrons. The highest BCUT2D eigenvalue weighted by Crippen LogP contribution is 2.22. The van der Waals surface area contributed by atoms with Gasteiger partial charge in [-0.25, -0.2) is 8.78 Å². The van der Waals surface area contributed by atoms with Crippen LogP contribution in [-0.4, -0.2) is 10.5 Å². The van der Waals surface area contributed by atoms with E-state index in [4.69, 9.17) is 0 Å². The lowest BCUT2D eigenvalue weighted by molar-refractivity contribution is -0.118. The van der Waals surface area contributed by atoms with Gasteiger partial charge in [-0.15, -0.1) is 0 Å². The van der Waals surface area contributed by atoms with E-state index in [1.165, 1.54) is 6.07 Å². The van der Waals surface area contributed by atoms with E-state index in [-0.39, 0.29) is 5.91 Å². The highest BCUT2D eigenvalue weighted by molar-refractivity contribution is 7.16. The number of fused-ring (bicyclic) bond motifs is 1. The van der Waals surface area contributed by atoms with Crippen LogP contribution in [0.2, 0.25) is 0 Å². The van der Waals surface area contributed by atoms with E-state index in [0.29, 0.717) is 28.0 Å². The number of rotatable bonds is 5. The first-order chi connectivity index (χ1) is 10.1. The van der Waals surface area contributed by atoms with Gasteiger partial charge in [0, 0.05) is 19.0 Å². The number of carbonyl (C=O) groups is 1. The summed E-state index contributed by atoms with van der Waals surface area (Å²) in [6.07, 6.45) is 2.86. The summed E-state index contributed by atoms with van der Waals surface area (Å²) >= 11 is 1.15. The number of halogens is 2. The van der Waals surface area contributed by atoms with E-state index >= 15 is 0 Å². The van der Waals surface area contributed by atoms with Crippen LogP contribution in [0.15, 0.2) is 17.1 Å². The van der Waals surface area contributed by atoms with Crippen LogP contribution in [0.1, 0.15) is 39.5 Å². The maximum atomic E-state index is 14.0. The average molecular weight is 312 g/mol. The number of unbranched alkanes of at least 4 members (excludes halogenated alkanes) is 1. The Hall–Kier alpha value is -1.56. The van der Waals surface area contributed by atoms with Crippen molar-refractivity contribution in [2.24, 2.45) is 4.99 Å². The molecule has 1 aromatic heterocycles.